The van der Waals surface area contributed by atoms with E-state index in [1.165, 1.54) is 0 Å². The summed E-state index contributed by atoms with van der Waals surface area (Å²) in [6.45, 7) is 3.12. The number of nitrogens with one attached hydrogen (secondary N) is 1. The lowest BCUT2D eigenvalue weighted by Gasteiger charge is -2.25. The molecule has 0 spiro atoms. The first-order chi connectivity index (χ1) is 14.7. The number of carbonyl (C=O) groups excluding carboxylic acids is 1. The normalized spacial score (nSPS) is 15.8. The SMILES string of the molecule is Cc1ccccc1OCCC(=O)N1CCC[C@@H]1c1cccc(Nc2cnccn2)n1. The van der Waals surface area contributed by atoms with Gasteiger partial charge in [0, 0.05) is 18.9 Å². The number of ether oxygens (including phenoxy) is 1. The van der Waals surface area contributed by atoms with E-state index in [1.807, 2.05) is 54.3 Å². The van der Waals surface area contributed by atoms with E-state index in [0.717, 1.165) is 36.4 Å². The van der Waals surface area contributed by atoms with Crippen LogP contribution in [0.3, 0.4) is 0 Å². The smallest absolute Gasteiger partial charge is 0.226 e. The third kappa shape index (κ3) is 4.74. The molecule has 0 radical (unpaired) electrons. The number of rotatable bonds is 7. The number of hydrogen-bond acceptors (Lipinski definition) is 6. The van der Waals surface area contributed by atoms with Crippen molar-refractivity contribution in [3.8, 4) is 5.75 Å². The maximum atomic E-state index is 12.9. The average Bonchev–Trinajstić information content (AvgIpc) is 3.26. The first-order valence-electron chi connectivity index (χ1n) is 10.2. The van der Waals surface area contributed by atoms with Crippen molar-refractivity contribution in [3.05, 3.63) is 72.3 Å². The van der Waals surface area contributed by atoms with Crippen molar-refractivity contribution in [1.29, 1.82) is 0 Å². The average molecular weight is 403 g/mol. The summed E-state index contributed by atoms with van der Waals surface area (Å²) in [6.07, 6.45) is 7.13. The Balaban J connectivity index is 1.39. The summed E-state index contributed by atoms with van der Waals surface area (Å²) >= 11 is 0. The fourth-order valence-electron chi connectivity index (χ4n) is 3.68. The minimum atomic E-state index is -0.0143. The molecule has 3 aromatic rings. The largest absolute Gasteiger partial charge is 0.493 e. The molecule has 0 unspecified atom stereocenters. The van der Waals surface area contributed by atoms with Gasteiger partial charge in [-0.3, -0.25) is 9.78 Å². The molecular weight excluding hydrogens is 378 g/mol. The molecule has 1 saturated heterocycles. The first-order valence-corrected chi connectivity index (χ1v) is 10.2. The van der Waals surface area contributed by atoms with E-state index in [1.54, 1.807) is 18.6 Å². The molecule has 1 N–H and O–H groups in total. The number of nitrogens with zero attached hydrogens (tertiary/aromatic N) is 4. The van der Waals surface area contributed by atoms with Gasteiger partial charge in [0.1, 0.15) is 17.4 Å². The van der Waals surface area contributed by atoms with Crippen molar-refractivity contribution in [2.75, 3.05) is 18.5 Å². The molecule has 1 aliphatic heterocycles. The fourth-order valence-corrected chi connectivity index (χ4v) is 3.68. The van der Waals surface area contributed by atoms with Crippen molar-refractivity contribution in [2.45, 2.75) is 32.2 Å². The second-order valence-corrected chi connectivity index (χ2v) is 7.27. The highest BCUT2D eigenvalue weighted by Crippen LogP contribution is 2.32. The van der Waals surface area contributed by atoms with E-state index in [-0.39, 0.29) is 11.9 Å². The monoisotopic (exact) mass is 403 g/mol. The lowest BCUT2D eigenvalue weighted by Crippen LogP contribution is -2.32. The predicted molar refractivity (Wildman–Crippen MR) is 115 cm³/mol. The molecular formula is C23H25N5O2. The summed E-state index contributed by atoms with van der Waals surface area (Å²) in [5.74, 6) is 2.25. The topological polar surface area (TPSA) is 80.2 Å². The zero-order valence-corrected chi connectivity index (χ0v) is 17.0. The van der Waals surface area contributed by atoms with Gasteiger partial charge in [0.2, 0.25) is 5.91 Å². The van der Waals surface area contributed by atoms with E-state index in [4.69, 9.17) is 9.72 Å². The van der Waals surface area contributed by atoms with Crippen molar-refractivity contribution in [2.24, 2.45) is 0 Å². The van der Waals surface area contributed by atoms with Gasteiger partial charge in [0.25, 0.3) is 0 Å². The number of pyridine rings is 1. The number of carbonyl (C=O) groups is 1. The Bertz CT molecular complexity index is 996. The van der Waals surface area contributed by atoms with E-state index >= 15 is 0 Å². The summed E-state index contributed by atoms with van der Waals surface area (Å²) in [7, 11) is 0. The second kappa shape index (κ2) is 9.35. The van der Waals surface area contributed by atoms with Gasteiger partial charge < -0.3 is 15.0 Å². The Morgan fingerprint density at radius 2 is 2.07 bits per heavy atom. The van der Waals surface area contributed by atoms with E-state index < -0.39 is 0 Å². The molecule has 4 rings (SSSR count). The molecule has 1 aliphatic rings. The predicted octanol–water partition coefficient (Wildman–Crippen LogP) is 4.06. The maximum absolute atomic E-state index is 12.9. The number of aryl methyl sites for hydroxylation is 1. The highest BCUT2D eigenvalue weighted by Gasteiger charge is 2.30. The molecule has 0 aliphatic carbocycles. The van der Waals surface area contributed by atoms with Crippen LogP contribution in [0.1, 0.15) is 36.6 Å². The maximum Gasteiger partial charge on any atom is 0.226 e. The van der Waals surface area contributed by atoms with Crippen LogP contribution in [0.5, 0.6) is 5.75 Å². The number of hydrogen-bond donors (Lipinski definition) is 1. The fraction of sp³-hybridized carbons (Fsp3) is 0.304. The Hall–Kier alpha value is -3.48. The number of aromatic nitrogens is 3. The van der Waals surface area contributed by atoms with Crippen molar-refractivity contribution in [1.82, 2.24) is 19.9 Å². The molecule has 1 atom stereocenters. The molecule has 154 valence electrons. The third-order valence-electron chi connectivity index (χ3n) is 5.17. The molecule has 7 nitrogen and oxygen atoms in total. The second-order valence-electron chi connectivity index (χ2n) is 7.27. The van der Waals surface area contributed by atoms with Crippen LogP contribution in [0, 0.1) is 6.92 Å². The van der Waals surface area contributed by atoms with Gasteiger partial charge in [-0.1, -0.05) is 24.3 Å². The Morgan fingerprint density at radius 1 is 1.17 bits per heavy atom. The zero-order valence-electron chi connectivity index (χ0n) is 17.0. The van der Waals surface area contributed by atoms with Crippen LogP contribution in [0.2, 0.25) is 0 Å². The number of likely N-dealkylation sites (tertiary alicyclic amines) is 1. The first kappa shape index (κ1) is 19.8. The van der Waals surface area contributed by atoms with Crippen molar-refractivity contribution < 1.29 is 9.53 Å². The van der Waals surface area contributed by atoms with Crippen LogP contribution in [0.25, 0.3) is 0 Å². The summed E-state index contributed by atoms with van der Waals surface area (Å²) in [6, 6.07) is 13.6. The summed E-state index contributed by atoms with van der Waals surface area (Å²) < 4.78 is 5.81. The van der Waals surface area contributed by atoms with Crippen LogP contribution in [0.15, 0.2) is 61.1 Å². The van der Waals surface area contributed by atoms with Gasteiger partial charge in [0.15, 0.2) is 0 Å². The van der Waals surface area contributed by atoms with E-state index in [9.17, 15) is 4.79 Å². The van der Waals surface area contributed by atoms with Gasteiger partial charge in [0.05, 0.1) is 31.0 Å². The van der Waals surface area contributed by atoms with E-state index in [0.29, 0.717) is 24.7 Å². The molecule has 7 heteroatoms. The lowest BCUT2D eigenvalue weighted by molar-refractivity contribution is -0.132. The minimum Gasteiger partial charge on any atom is -0.493 e. The standard InChI is InChI=1S/C23H25N5O2/c1-17-6-2-3-9-20(17)30-15-11-23(29)28-14-5-8-19(28)18-7-4-10-21(26-18)27-22-16-24-12-13-25-22/h2-4,6-7,9-10,12-13,16,19H,5,8,11,14-15H2,1H3,(H,25,26,27)/t19-/m1/s1. The van der Waals surface area contributed by atoms with Gasteiger partial charge in [-0.2, -0.15) is 0 Å². The Morgan fingerprint density at radius 3 is 2.90 bits per heavy atom. The Kier molecular flexibility index (Phi) is 6.17. The van der Waals surface area contributed by atoms with Gasteiger partial charge in [-0.15, -0.1) is 0 Å². The highest BCUT2D eigenvalue weighted by atomic mass is 16.5. The van der Waals surface area contributed by atoms with Gasteiger partial charge >= 0.3 is 0 Å². The van der Waals surface area contributed by atoms with Crippen LogP contribution < -0.4 is 10.1 Å². The summed E-state index contributed by atoms with van der Waals surface area (Å²) in [5.41, 5.74) is 1.95. The molecule has 0 bridgehead atoms. The molecule has 1 aromatic carbocycles. The quantitative estimate of drug-likeness (QED) is 0.641. The third-order valence-corrected chi connectivity index (χ3v) is 5.17. The van der Waals surface area contributed by atoms with Crippen molar-refractivity contribution in [3.63, 3.8) is 0 Å². The molecule has 1 amide bonds. The molecule has 3 heterocycles. The number of benzene rings is 1. The van der Waals surface area contributed by atoms with Crippen LogP contribution in [0.4, 0.5) is 11.6 Å². The van der Waals surface area contributed by atoms with Crippen LogP contribution >= 0.6 is 0 Å². The number of anilines is 2. The molecule has 2 aromatic heterocycles. The number of para-hydroxylation sites is 1. The van der Waals surface area contributed by atoms with E-state index in [2.05, 4.69) is 15.3 Å². The molecule has 1 fully saturated rings. The molecule has 30 heavy (non-hydrogen) atoms. The highest BCUT2D eigenvalue weighted by molar-refractivity contribution is 5.77. The lowest BCUT2D eigenvalue weighted by atomic mass is 10.1. The summed E-state index contributed by atoms with van der Waals surface area (Å²) in [4.78, 5) is 27.8. The zero-order chi connectivity index (χ0) is 20.8. The summed E-state index contributed by atoms with van der Waals surface area (Å²) in [5, 5.41) is 3.16. The van der Waals surface area contributed by atoms with Crippen LogP contribution in [-0.2, 0) is 4.79 Å². The molecule has 0 saturated carbocycles. The van der Waals surface area contributed by atoms with Gasteiger partial charge in [-0.25, -0.2) is 9.97 Å². The van der Waals surface area contributed by atoms with Crippen molar-refractivity contribution >= 4 is 17.5 Å². The number of amides is 1. The Labute approximate surface area is 176 Å². The van der Waals surface area contributed by atoms with Crippen LogP contribution in [-0.4, -0.2) is 38.9 Å². The van der Waals surface area contributed by atoms with Gasteiger partial charge in [-0.05, 0) is 43.5 Å². The minimum absolute atomic E-state index is 0.0143.